The highest BCUT2D eigenvalue weighted by atomic mass is 35.5. The molecule has 1 heterocycles. The van der Waals surface area contributed by atoms with Crippen LogP contribution in [0.25, 0.3) is 11.0 Å². The zero-order chi connectivity index (χ0) is 11.2. The van der Waals surface area contributed by atoms with Gasteiger partial charge in [0.1, 0.15) is 5.82 Å². The highest BCUT2D eigenvalue weighted by Gasteiger charge is 2.10. The first kappa shape index (κ1) is 10.5. The minimum atomic E-state index is 0.434. The molecule has 0 radical (unpaired) electrons. The Kier molecular flexibility index (Phi) is 2.47. The molecular formula is C12H15ClN2. The predicted molar refractivity (Wildman–Crippen MR) is 64.6 cm³/mol. The highest BCUT2D eigenvalue weighted by Crippen LogP contribution is 2.29. The summed E-state index contributed by atoms with van der Waals surface area (Å²) in [7, 11) is 2.01. The second-order valence-electron chi connectivity index (χ2n) is 4.24. The second-order valence-corrected chi connectivity index (χ2v) is 4.64. The van der Waals surface area contributed by atoms with Gasteiger partial charge in [0.05, 0.1) is 11.0 Å². The van der Waals surface area contributed by atoms with Crippen molar-refractivity contribution in [3.05, 3.63) is 28.5 Å². The molecular weight excluding hydrogens is 208 g/mol. The Morgan fingerprint density at radius 3 is 2.60 bits per heavy atom. The van der Waals surface area contributed by atoms with Crippen molar-refractivity contribution in [3.8, 4) is 0 Å². The maximum absolute atomic E-state index is 6.24. The number of fused-ring (bicyclic) bond motifs is 1. The van der Waals surface area contributed by atoms with E-state index in [-0.39, 0.29) is 0 Å². The summed E-state index contributed by atoms with van der Waals surface area (Å²) in [5.41, 5.74) is 3.30. The van der Waals surface area contributed by atoms with E-state index in [2.05, 4.69) is 29.5 Å². The molecule has 0 spiro atoms. The summed E-state index contributed by atoms with van der Waals surface area (Å²) in [4.78, 5) is 4.50. The van der Waals surface area contributed by atoms with Gasteiger partial charge in [0.15, 0.2) is 0 Å². The molecule has 1 aromatic carbocycles. The van der Waals surface area contributed by atoms with Crippen molar-refractivity contribution in [1.82, 2.24) is 9.55 Å². The molecule has 0 amide bonds. The number of benzene rings is 1. The van der Waals surface area contributed by atoms with E-state index in [0.717, 1.165) is 21.9 Å². The quantitative estimate of drug-likeness (QED) is 0.720. The Bertz CT molecular complexity index is 512. The SMILES string of the molecule is Cc1nc2cc(C(C)C)c(Cl)cc2n1C. The van der Waals surface area contributed by atoms with Crippen LogP contribution in [0.1, 0.15) is 31.2 Å². The van der Waals surface area contributed by atoms with Gasteiger partial charge in [-0.1, -0.05) is 25.4 Å². The smallest absolute Gasteiger partial charge is 0.106 e. The van der Waals surface area contributed by atoms with E-state index in [4.69, 9.17) is 11.6 Å². The molecule has 3 heteroatoms. The van der Waals surface area contributed by atoms with Crippen molar-refractivity contribution in [2.24, 2.45) is 7.05 Å². The number of aromatic nitrogens is 2. The molecule has 2 rings (SSSR count). The Hall–Kier alpha value is -1.02. The fraction of sp³-hybridized carbons (Fsp3) is 0.417. The Balaban J connectivity index is 2.76. The largest absolute Gasteiger partial charge is 0.331 e. The van der Waals surface area contributed by atoms with Crippen LogP contribution in [0.2, 0.25) is 5.02 Å². The van der Waals surface area contributed by atoms with Crippen LogP contribution < -0.4 is 0 Å². The third kappa shape index (κ3) is 1.63. The molecule has 0 aliphatic heterocycles. The molecule has 1 aromatic heterocycles. The second kappa shape index (κ2) is 3.53. The number of nitrogens with zero attached hydrogens (tertiary/aromatic N) is 2. The van der Waals surface area contributed by atoms with Crippen LogP contribution in [0.5, 0.6) is 0 Å². The molecule has 0 saturated heterocycles. The maximum Gasteiger partial charge on any atom is 0.106 e. The zero-order valence-electron chi connectivity index (χ0n) is 9.50. The highest BCUT2D eigenvalue weighted by molar-refractivity contribution is 6.32. The van der Waals surface area contributed by atoms with Gasteiger partial charge < -0.3 is 4.57 Å². The van der Waals surface area contributed by atoms with E-state index in [1.54, 1.807) is 0 Å². The summed E-state index contributed by atoms with van der Waals surface area (Å²) in [6.45, 7) is 6.29. The van der Waals surface area contributed by atoms with Gasteiger partial charge in [-0.05, 0) is 30.5 Å². The lowest BCUT2D eigenvalue weighted by atomic mass is 10.0. The molecule has 0 N–H and O–H groups in total. The number of rotatable bonds is 1. The van der Waals surface area contributed by atoms with Crippen LogP contribution in [-0.2, 0) is 7.05 Å². The van der Waals surface area contributed by atoms with Crippen molar-refractivity contribution in [3.63, 3.8) is 0 Å². The van der Waals surface area contributed by atoms with Gasteiger partial charge >= 0.3 is 0 Å². The first-order chi connectivity index (χ1) is 7.00. The zero-order valence-corrected chi connectivity index (χ0v) is 10.3. The van der Waals surface area contributed by atoms with Gasteiger partial charge in [0.2, 0.25) is 0 Å². The van der Waals surface area contributed by atoms with Crippen molar-refractivity contribution < 1.29 is 0 Å². The van der Waals surface area contributed by atoms with Crippen LogP contribution in [0, 0.1) is 6.92 Å². The monoisotopic (exact) mass is 222 g/mol. The van der Waals surface area contributed by atoms with E-state index in [0.29, 0.717) is 5.92 Å². The molecule has 80 valence electrons. The van der Waals surface area contributed by atoms with E-state index in [1.807, 2.05) is 20.0 Å². The van der Waals surface area contributed by atoms with Crippen LogP contribution in [0.15, 0.2) is 12.1 Å². The van der Waals surface area contributed by atoms with Crippen LogP contribution in [0.3, 0.4) is 0 Å². The Labute approximate surface area is 94.9 Å². The third-order valence-corrected chi connectivity index (χ3v) is 3.17. The summed E-state index contributed by atoms with van der Waals surface area (Å²) < 4.78 is 2.06. The lowest BCUT2D eigenvalue weighted by molar-refractivity contribution is 0.867. The Morgan fingerprint density at radius 2 is 2.00 bits per heavy atom. The fourth-order valence-corrected chi connectivity index (χ4v) is 2.17. The first-order valence-corrected chi connectivity index (χ1v) is 5.51. The number of aryl methyl sites for hydroxylation is 2. The number of halogens is 1. The Morgan fingerprint density at radius 1 is 1.33 bits per heavy atom. The molecule has 0 fully saturated rings. The van der Waals surface area contributed by atoms with E-state index < -0.39 is 0 Å². The van der Waals surface area contributed by atoms with Crippen molar-refractivity contribution in [2.75, 3.05) is 0 Å². The maximum atomic E-state index is 6.24. The van der Waals surface area contributed by atoms with E-state index in [9.17, 15) is 0 Å². The van der Waals surface area contributed by atoms with E-state index in [1.165, 1.54) is 5.56 Å². The molecule has 2 nitrogen and oxygen atoms in total. The van der Waals surface area contributed by atoms with Crippen molar-refractivity contribution >= 4 is 22.6 Å². The predicted octanol–water partition coefficient (Wildman–Crippen LogP) is 3.66. The van der Waals surface area contributed by atoms with Gasteiger partial charge in [0.25, 0.3) is 0 Å². The van der Waals surface area contributed by atoms with Gasteiger partial charge in [0, 0.05) is 12.1 Å². The molecule has 2 aromatic rings. The van der Waals surface area contributed by atoms with Crippen LogP contribution >= 0.6 is 11.6 Å². The van der Waals surface area contributed by atoms with Gasteiger partial charge in [-0.2, -0.15) is 0 Å². The summed E-state index contributed by atoms with van der Waals surface area (Å²) in [5, 5.41) is 0.834. The molecule has 0 atom stereocenters. The fourth-order valence-electron chi connectivity index (χ4n) is 1.79. The summed E-state index contributed by atoms with van der Waals surface area (Å²) in [5.74, 6) is 1.45. The number of imidazole rings is 1. The van der Waals surface area contributed by atoms with Gasteiger partial charge in [-0.25, -0.2) is 4.98 Å². The van der Waals surface area contributed by atoms with Gasteiger partial charge in [-0.15, -0.1) is 0 Å². The van der Waals surface area contributed by atoms with E-state index >= 15 is 0 Å². The standard InChI is InChI=1S/C12H15ClN2/c1-7(2)9-5-11-12(6-10(9)13)15(4)8(3)14-11/h5-7H,1-4H3. The third-order valence-electron chi connectivity index (χ3n) is 2.84. The molecule has 0 bridgehead atoms. The minimum absolute atomic E-state index is 0.434. The van der Waals surface area contributed by atoms with Crippen LogP contribution in [0.4, 0.5) is 0 Å². The number of hydrogen-bond acceptors (Lipinski definition) is 1. The lowest BCUT2D eigenvalue weighted by Gasteiger charge is -2.08. The van der Waals surface area contributed by atoms with Crippen molar-refractivity contribution in [1.29, 1.82) is 0 Å². The molecule has 0 unspecified atom stereocenters. The summed E-state index contributed by atoms with van der Waals surface area (Å²) in [6.07, 6.45) is 0. The first-order valence-electron chi connectivity index (χ1n) is 5.13. The normalized spacial score (nSPS) is 11.6. The average Bonchev–Trinajstić information content (AvgIpc) is 2.43. The summed E-state index contributed by atoms with van der Waals surface area (Å²) >= 11 is 6.24. The molecule has 0 aliphatic rings. The van der Waals surface area contributed by atoms with Gasteiger partial charge in [-0.3, -0.25) is 0 Å². The number of hydrogen-bond donors (Lipinski definition) is 0. The average molecular weight is 223 g/mol. The molecule has 15 heavy (non-hydrogen) atoms. The van der Waals surface area contributed by atoms with Crippen LogP contribution in [-0.4, -0.2) is 9.55 Å². The molecule has 0 aliphatic carbocycles. The van der Waals surface area contributed by atoms with Crippen molar-refractivity contribution in [2.45, 2.75) is 26.7 Å². The molecule has 0 saturated carbocycles. The summed E-state index contributed by atoms with van der Waals surface area (Å²) in [6, 6.07) is 4.10. The lowest BCUT2D eigenvalue weighted by Crippen LogP contribution is -1.92. The minimum Gasteiger partial charge on any atom is -0.331 e. The topological polar surface area (TPSA) is 17.8 Å².